The molecule has 2 spiro atoms. The zero-order valence-corrected chi connectivity index (χ0v) is 15.0. The highest BCUT2D eigenvalue weighted by Gasteiger charge is 2.45. The second-order valence-corrected chi connectivity index (χ2v) is 9.11. The fraction of sp³-hybridized carbons (Fsp3) is 0.900. The van der Waals surface area contributed by atoms with E-state index in [-0.39, 0.29) is 10.8 Å². The molecule has 2 aliphatic carbocycles. The van der Waals surface area contributed by atoms with E-state index in [1.807, 2.05) is 0 Å². The van der Waals surface area contributed by atoms with Gasteiger partial charge in [-0.25, -0.2) is 0 Å². The Bertz CT molecular complexity index is 458. The van der Waals surface area contributed by atoms with Crippen molar-refractivity contribution in [2.75, 3.05) is 26.2 Å². The first-order valence-corrected chi connectivity index (χ1v) is 10.2. The van der Waals surface area contributed by atoms with Crippen LogP contribution in [0.4, 0.5) is 0 Å². The molecule has 2 saturated heterocycles. The average molecular weight is 332 g/mol. The molecule has 134 valence electrons. The summed E-state index contributed by atoms with van der Waals surface area (Å²) in [4.78, 5) is 29.0. The molecule has 0 aromatic heterocycles. The average Bonchev–Trinajstić information content (AvgIpc) is 3.04. The summed E-state index contributed by atoms with van der Waals surface area (Å²) in [6.07, 6.45) is 14.2. The van der Waals surface area contributed by atoms with Crippen LogP contribution in [0.3, 0.4) is 0 Å². The Morgan fingerprint density at radius 3 is 1.38 bits per heavy atom. The lowest BCUT2D eigenvalue weighted by Gasteiger charge is -2.33. The highest BCUT2D eigenvalue weighted by atomic mass is 16.2. The monoisotopic (exact) mass is 332 g/mol. The second-order valence-electron chi connectivity index (χ2n) is 9.11. The lowest BCUT2D eigenvalue weighted by molar-refractivity contribution is -0.131. The number of rotatable bonds is 3. The maximum absolute atomic E-state index is 12.5. The summed E-state index contributed by atoms with van der Waals surface area (Å²) in [5, 5.41) is 0. The van der Waals surface area contributed by atoms with Crippen molar-refractivity contribution in [3.63, 3.8) is 0 Å². The van der Waals surface area contributed by atoms with E-state index in [2.05, 4.69) is 9.80 Å². The summed E-state index contributed by atoms with van der Waals surface area (Å²) in [6.45, 7) is 3.39. The first kappa shape index (κ1) is 16.4. The normalized spacial score (nSPS) is 29.2. The van der Waals surface area contributed by atoms with Gasteiger partial charge in [-0.05, 0) is 36.5 Å². The first-order valence-electron chi connectivity index (χ1n) is 10.2. The molecule has 0 unspecified atom stereocenters. The van der Waals surface area contributed by atoms with Crippen molar-refractivity contribution in [1.82, 2.24) is 9.80 Å². The van der Waals surface area contributed by atoms with Gasteiger partial charge in [-0.3, -0.25) is 9.59 Å². The van der Waals surface area contributed by atoms with Gasteiger partial charge in [0.05, 0.1) is 0 Å². The van der Waals surface area contributed by atoms with Crippen molar-refractivity contribution in [3.05, 3.63) is 0 Å². The SMILES string of the molecule is O=C1CC2(CCCCC2)CN1CCN1CC2(CCCCC2)CC1=O. The van der Waals surface area contributed by atoms with Crippen LogP contribution in [0.25, 0.3) is 0 Å². The van der Waals surface area contributed by atoms with Crippen LogP contribution in [0.5, 0.6) is 0 Å². The quantitative estimate of drug-likeness (QED) is 0.795. The van der Waals surface area contributed by atoms with Crippen molar-refractivity contribution in [3.8, 4) is 0 Å². The molecular formula is C20H32N2O2. The molecule has 2 amide bonds. The summed E-state index contributed by atoms with van der Waals surface area (Å²) in [6, 6.07) is 0. The number of carbonyl (C=O) groups is 2. The summed E-state index contributed by atoms with van der Waals surface area (Å²) in [7, 11) is 0. The van der Waals surface area contributed by atoms with E-state index < -0.39 is 0 Å². The van der Waals surface area contributed by atoms with Crippen LogP contribution < -0.4 is 0 Å². The summed E-state index contributed by atoms with van der Waals surface area (Å²) in [5.74, 6) is 0.659. The minimum absolute atomic E-state index is 0.273. The fourth-order valence-electron chi connectivity index (χ4n) is 5.89. The standard InChI is InChI=1S/C20H32N2O2/c23-17-13-19(7-3-1-4-8-19)15-21(17)11-12-22-16-20(14-18(22)24)9-5-2-6-10-20/h1-16H2. The van der Waals surface area contributed by atoms with Gasteiger partial charge < -0.3 is 9.80 Å². The van der Waals surface area contributed by atoms with Gasteiger partial charge in [0.1, 0.15) is 0 Å². The number of hydrogen-bond acceptors (Lipinski definition) is 2. The van der Waals surface area contributed by atoms with Gasteiger partial charge in [0.15, 0.2) is 0 Å². The van der Waals surface area contributed by atoms with E-state index in [9.17, 15) is 9.59 Å². The van der Waals surface area contributed by atoms with Gasteiger partial charge in [0.25, 0.3) is 0 Å². The largest absolute Gasteiger partial charge is 0.340 e. The van der Waals surface area contributed by atoms with Gasteiger partial charge >= 0.3 is 0 Å². The van der Waals surface area contributed by atoms with E-state index in [4.69, 9.17) is 0 Å². The molecule has 2 aliphatic heterocycles. The fourth-order valence-corrected chi connectivity index (χ4v) is 5.89. The minimum Gasteiger partial charge on any atom is -0.340 e. The third kappa shape index (κ3) is 3.09. The number of nitrogens with zero attached hydrogens (tertiary/aromatic N) is 2. The topological polar surface area (TPSA) is 40.6 Å². The van der Waals surface area contributed by atoms with Crippen LogP contribution >= 0.6 is 0 Å². The van der Waals surface area contributed by atoms with E-state index in [0.717, 1.165) is 39.0 Å². The van der Waals surface area contributed by atoms with Crippen molar-refractivity contribution < 1.29 is 9.59 Å². The molecule has 0 aromatic carbocycles. The molecule has 4 heteroatoms. The molecule has 24 heavy (non-hydrogen) atoms. The highest BCUT2D eigenvalue weighted by Crippen LogP contribution is 2.45. The van der Waals surface area contributed by atoms with E-state index >= 15 is 0 Å². The summed E-state index contributed by atoms with van der Waals surface area (Å²) in [5.41, 5.74) is 0.546. The van der Waals surface area contributed by atoms with Crippen LogP contribution in [0.15, 0.2) is 0 Å². The first-order chi connectivity index (χ1) is 11.6. The third-order valence-corrected chi connectivity index (χ3v) is 7.28. The molecule has 4 nitrogen and oxygen atoms in total. The number of amides is 2. The molecule has 4 rings (SSSR count). The van der Waals surface area contributed by atoms with E-state index in [1.165, 1.54) is 64.2 Å². The summed E-state index contributed by atoms with van der Waals surface area (Å²) >= 11 is 0. The van der Waals surface area contributed by atoms with Gasteiger partial charge in [0, 0.05) is 39.0 Å². The highest BCUT2D eigenvalue weighted by molar-refractivity contribution is 5.80. The molecule has 4 aliphatic rings. The Balaban J connectivity index is 1.32. The van der Waals surface area contributed by atoms with Crippen molar-refractivity contribution in [2.45, 2.75) is 77.0 Å². The molecule has 0 bridgehead atoms. The molecular weight excluding hydrogens is 300 g/mol. The van der Waals surface area contributed by atoms with Crippen molar-refractivity contribution in [2.24, 2.45) is 10.8 Å². The lowest BCUT2D eigenvalue weighted by atomic mass is 9.73. The Labute approximate surface area is 145 Å². The van der Waals surface area contributed by atoms with Crippen LogP contribution in [-0.4, -0.2) is 47.8 Å². The Morgan fingerprint density at radius 2 is 1.00 bits per heavy atom. The zero-order chi connectivity index (χ0) is 16.6. The second kappa shape index (κ2) is 6.34. The molecule has 0 atom stereocenters. The number of carbonyl (C=O) groups excluding carboxylic acids is 2. The molecule has 2 saturated carbocycles. The van der Waals surface area contributed by atoms with Crippen molar-refractivity contribution >= 4 is 11.8 Å². The maximum atomic E-state index is 12.5. The zero-order valence-electron chi connectivity index (χ0n) is 15.0. The van der Waals surface area contributed by atoms with Crippen LogP contribution in [-0.2, 0) is 9.59 Å². The predicted octanol–water partition coefficient (Wildman–Crippen LogP) is 3.35. The van der Waals surface area contributed by atoms with Gasteiger partial charge in [-0.15, -0.1) is 0 Å². The molecule has 4 fully saturated rings. The van der Waals surface area contributed by atoms with E-state index in [1.54, 1.807) is 0 Å². The number of likely N-dealkylation sites (tertiary alicyclic amines) is 2. The van der Waals surface area contributed by atoms with Crippen molar-refractivity contribution in [1.29, 1.82) is 0 Å². The molecule has 0 aromatic rings. The smallest absolute Gasteiger partial charge is 0.223 e. The Kier molecular flexibility index (Phi) is 4.34. The van der Waals surface area contributed by atoms with E-state index in [0.29, 0.717) is 11.8 Å². The van der Waals surface area contributed by atoms with Gasteiger partial charge in [0.2, 0.25) is 11.8 Å². The Hall–Kier alpha value is -1.06. The van der Waals surface area contributed by atoms with Crippen LogP contribution in [0, 0.1) is 10.8 Å². The third-order valence-electron chi connectivity index (χ3n) is 7.28. The van der Waals surface area contributed by atoms with Crippen LogP contribution in [0.1, 0.15) is 77.0 Å². The molecule has 2 heterocycles. The van der Waals surface area contributed by atoms with Crippen LogP contribution in [0.2, 0.25) is 0 Å². The molecule has 0 radical (unpaired) electrons. The van der Waals surface area contributed by atoms with Gasteiger partial charge in [-0.1, -0.05) is 38.5 Å². The Morgan fingerprint density at radius 1 is 0.625 bits per heavy atom. The summed E-state index contributed by atoms with van der Waals surface area (Å²) < 4.78 is 0. The molecule has 0 N–H and O–H groups in total. The lowest BCUT2D eigenvalue weighted by Crippen LogP contribution is -2.38. The number of hydrogen-bond donors (Lipinski definition) is 0. The minimum atomic E-state index is 0.273. The predicted molar refractivity (Wildman–Crippen MR) is 93.4 cm³/mol. The maximum Gasteiger partial charge on any atom is 0.223 e. The van der Waals surface area contributed by atoms with Gasteiger partial charge in [-0.2, -0.15) is 0 Å².